The molecule has 0 spiro atoms. The SMILES string of the molecule is CC(=O)OC(/C=C/c1ccccc1)C(F)(S(=O)(=O)c1ccccc1)S(=O)(=O)c1ccccc1. The molecule has 0 aliphatic carbocycles. The molecule has 0 fully saturated rings. The number of hydrogen-bond donors (Lipinski definition) is 0. The fraction of sp³-hybridized carbons (Fsp3) is 0.125. The summed E-state index contributed by atoms with van der Waals surface area (Å²) < 4.78 is 72.0. The van der Waals surface area contributed by atoms with Gasteiger partial charge in [-0.3, -0.25) is 4.79 Å². The molecular formula is C24H21FO6S2. The number of rotatable bonds is 8. The van der Waals surface area contributed by atoms with Crippen molar-refractivity contribution in [2.24, 2.45) is 0 Å². The molecule has 172 valence electrons. The van der Waals surface area contributed by atoms with Gasteiger partial charge < -0.3 is 4.74 Å². The highest BCUT2D eigenvalue weighted by Crippen LogP contribution is 2.41. The number of benzene rings is 3. The van der Waals surface area contributed by atoms with Gasteiger partial charge in [0.25, 0.3) is 0 Å². The Bertz CT molecular complexity index is 1270. The lowest BCUT2D eigenvalue weighted by Crippen LogP contribution is -2.52. The Hall–Kier alpha value is -3.30. The third-order valence-corrected chi connectivity index (χ3v) is 9.77. The lowest BCUT2D eigenvalue weighted by molar-refractivity contribution is -0.146. The van der Waals surface area contributed by atoms with Crippen LogP contribution in [0.3, 0.4) is 0 Å². The van der Waals surface area contributed by atoms with Crippen molar-refractivity contribution in [3.05, 3.63) is 103 Å². The first kappa shape index (κ1) is 24.3. The van der Waals surface area contributed by atoms with Crippen LogP contribution in [0.5, 0.6) is 0 Å². The van der Waals surface area contributed by atoms with Gasteiger partial charge in [0.05, 0.1) is 9.79 Å². The van der Waals surface area contributed by atoms with E-state index < -0.39 is 45.9 Å². The van der Waals surface area contributed by atoms with E-state index in [-0.39, 0.29) is 0 Å². The number of carbonyl (C=O) groups excluding carboxylic acids is 1. The molecule has 0 saturated carbocycles. The smallest absolute Gasteiger partial charge is 0.357 e. The summed E-state index contributed by atoms with van der Waals surface area (Å²) in [6, 6.07) is 21.1. The van der Waals surface area contributed by atoms with Gasteiger partial charge in [-0.1, -0.05) is 72.8 Å². The summed E-state index contributed by atoms with van der Waals surface area (Å²) in [6.45, 7) is 0.939. The van der Waals surface area contributed by atoms with Crippen molar-refractivity contribution in [3.63, 3.8) is 0 Å². The van der Waals surface area contributed by atoms with Crippen molar-refractivity contribution in [1.82, 2.24) is 0 Å². The van der Waals surface area contributed by atoms with E-state index in [4.69, 9.17) is 4.74 Å². The summed E-state index contributed by atoms with van der Waals surface area (Å²) in [7, 11) is -10.5. The van der Waals surface area contributed by atoms with E-state index >= 15 is 4.39 Å². The van der Waals surface area contributed by atoms with E-state index in [1.165, 1.54) is 42.5 Å². The summed E-state index contributed by atoms with van der Waals surface area (Å²) in [5, 5.41) is 0. The fourth-order valence-electron chi connectivity index (χ4n) is 3.14. The Balaban J connectivity index is 2.30. The Labute approximate surface area is 192 Å². The molecule has 0 aromatic heterocycles. The van der Waals surface area contributed by atoms with Crippen LogP contribution in [0.4, 0.5) is 4.39 Å². The topological polar surface area (TPSA) is 94.6 Å². The Morgan fingerprint density at radius 1 is 0.788 bits per heavy atom. The standard InChI is InChI=1S/C24H21FO6S2/c1-19(26)31-23(18-17-20-11-5-2-6-12-20)24(25,32(27,28)21-13-7-3-8-14-21)33(29,30)22-15-9-4-10-16-22/h2-18,23H,1H3/b18-17+. The minimum Gasteiger partial charge on any atom is -0.452 e. The van der Waals surface area contributed by atoms with E-state index in [9.17, 15) is 21.6 Å². The van der Waals surface area contributed by atoms with Crippen LogP contribution in [-0.2, 0) is 29.2 Å². The molecule has 0 aliphatic heterocycles. The highest BCUT2D eigenvalue weighted by atomic mass is 32.3. The quantitative estimate of drug-likeness (QED) is 0.441. The lowest BCUT2D eigenvalue weighted by Gasteiger charge is -2.30. The van der Waals surface area contributed by atoms with Crippen LogP contribution in [0, 0.1) is 0 Å². The molecule has 3 rings (SSSR count). The van der Waals surface area contributed by atoms with Crippen molar-refractivity contribution < 1.29 is 30.8 Å². The maximum atomic E-state index is 16.9. The summed E-state index contributed by atoms with van der Waals surface area (Å²) >= 11 is 0. The lowest BCUT2D eigenvalue weighted by atomic mass is 10.2. The van der Waals surface area contributed by atoms with Crippen LogP contribution < -0.4 is 0 Å². The Morgan fingerprint density at radius 2 is 1.18 bits per heavy atom. The molecule has 3 aromatic rings. The molecular weight excluding hydrogens is 467 g/mol. The monoisotopic (exact) mass is 488 g/mol. The van der Waals surface area contributed by atoms with E-state index in [1.807, 2.05) is 0 Å². The number of alkyl halides is 1. The molecule has 9 heteroatoms. The van der Waals surface area contributed by atoms with E-state index in [2.05, 4.69) is 0 Å². The first-order chi connectivity index (χ1) is 15.6. The second kappa shape index (κ2) is 9.68. The summed E-state index contributed by atoms with van der Waals surface area (Å²) in [4.78, 5) is 10.7. The molecule has 3 aromatic carbocycles. The molecule has 0 saturated heterocycles. The zero-order valence-corrected chi connectivity index (χ0v) is 19.2. The minimum atomic E-state index is -5.24. The number of esters is 1. The summed E-state index contributed by atoms with van der Waals surface area (Å²) in [6.07, 6.45) is -0.0775. The predicted octanol–water partition coefficient (Wildman–Crippen LogP) is 4.20. The maximum absolute atomic E-state index is 16.9. The van der Waals surface area contributed by atoms with Crippen molar-refractivity contribution in [2.45, 2.75) is 27.2 Å². The van der Waals surface area contributed by atoms with Gasteiger partial charge in [-0.2, -0.15) is 0 Å². The van der Waals surface area contributed by atoms with Gasteiger partial charge in [-0.05, 0) is 35.9 Å². The number of halogens is 1. The fourth-order valence-corrected chi connectivity index (χ4v) is 7.41. The van der Waals surface area contributed by atoms with Crippen LogP contribution in [0.25, 0.3) is 6.08 Å². The van der Waals surface area contributed by atoms with Gasteiger partial charge in [0.2, 0.25) is 19.7 Å². The molecule has 6 nitrogen and oxygen atoms in total. The second-order valence-electron chi connectivity index (χ2n) is 7.02. The molecule has 0 radical (unpaired) electrons. The minimum absolute atomic E-state index is 0.520. The van der Waals surface area contributed by atoms with Crippen molar-refractivity contribution >= 4 is 31.7 Å². The van der Waals surface area contributed by atoms with E-state index in [0.29, 0.717) is 5.56 Å². The van der Waals surface area contributed by atoms with E-state index in [0.717, 1.165) is 37.3 Å². The first-order valence-electron chi connectivity index (χ1n) is 9.79. The van der Waals surface area contributed by atoms with Gasteiger partial charge in [0.15, 0.2) is 6.10 Å². The molecule has 1 unspecified atom stereocenters. The van der Waals surface area contributed by atoms with Crippen LogP contribution >= 0.6 is 0 Å². The van der Waals surface area contributed by atoms with Crippen molar-refractivity contribution in [1.29, 1.82) is 0 Å². The second-order valence-corrected chi connectivity index (χ2v) is 11.4. The van der Waals surface area contributed by atoms with Crippen molar-refractivity contribution in [2.75, 3.05) is 0 Å². The molecule has 0 amide bonds. The summed E-state index contributed by atoms with van der Waals surface area (Å²) in [5.41, 5.74) is 0.520. The van der Waals surface area contributed by atoms with Gasteiger partial charge in [0.1, 0.15) is 0 Å². The Morgan fingerprint density at radius 3 is 1.58 bits per heavy atom. The molecule has 1 atom stereocenters. The largest absolute Gasteiger partial charge is 0.452 e. The predicted molar refractivity (Wildman–Crippen MR) is 122 cm³/mol. The maximum Gasteiger partial charge on any atom is 0.357 e. The highest BCUT2D eigenvalue weighted by Gasteiger charge is 2.63. The van der Waals surface area contributed by atoms with Crippen molar-refractivity contribution in [3.8, 4) is 0 Å². The highest BCUT2D eigenvalue weighted by molar-refractivity contribution is 8.10. The van der Waals surface area contributed by atoms with Crippen LogP contribution in [-0.4, -0.2) is 33.2 Å². The number of hydrogen-bond acceptors (Lipinski definition) is 6. The van der Waals surface area contributed by atoms with Gasteiger partial charge in [-0.15, -0.1) is 0 Å². The van der Waals surface area contributed by atoms with Gasteiger partial charge in [-0.25, -0.2) is 21.2 Å². The van der Waals surface area contributed by atoms with E-state index in [1.54, 1.807) is 30.3 Å². The molecule has 0 heterocycles. The van der Waals surface area contributed by atoms with Gasteiger partial charge >= 0.3 is 10.3 Å². The first-order valence-corrected chi connectivity index (χ1v) is 12.8. The van der Waals surface area contributed by atoms with Crippen LogP contribution in [0.1, 0.15) is 12.5 Å². The number of ether oxygens (including phenoxy) is 1. The molecule has 0 N–H and O–H groups in total. The number of sulfone groups is 2. The average Bonchev–Trinajstić information content (AvgIpc) is 2.82. The van der Waals surface area contributed by atoms with Crippen LogP contribution in [0.15, 0.2) is 107 Å². The molecule has 0 bridgehead atoms. The van der Waals surface area contributed by atoms with Gasteiger partial charge in [0, 0.05) is 6.92 Å². The summed E-state index contributed by atoms with van der Waals surface area (Å²) in [5.74, 6) is -1.05. The Kier molecular flexibility index (Phi) is 7.14. The molecule has 0 aliphatic rings. The average molecular weight is 489 g/mol. The third kappa shape index (κ3) is 4.74. The number of carbonyl (C=O) groups is 1. The zero-order valence-electron chi connectivity index (χ0n) is 17.5. The molecule has 33 heavy (non-hydrogen) atoms. The van der Waals surface area contributed by atoms with Crippen LogP contribution in [0.2, 0.25) is 0 Å². The third-order valence-electron chi connectivity index (χ3n) is 4.74. The zero-order chi connectivity index (χ0) is 24.1. The normalized spacial score (nSPS) is 13.5.